The van der Waals surface area contributed by atoms with Crippen LogP contribution >= 0.6 is 0 Å². The molecule has 0 aliphatic heterocycles. The fourth-order valence-electron chi connectivity index (χ4n) is 2.60. The van der Waals surface area contributed by atoms with Crippen LogP contribution in [0, 0.1) is 5.41 Å². The Morgan fingerprint density at radius 2 is 0.806 bits per heavy atom. The van der Waals surface area contributed by atoms with Gasteiger partial charge in [-0.05, 0) is 25.7 Å². The molecule has 0 aliphatic rings. The summed E-state index contributed by atoms with van der Waals surface area (Å²) < 4.78 is 21.5. The van der Waals surface area contributed by atoms with Crippen LogP contribution in [0.5, 0.6) is 0 Å². The lowest BCUT2D eigenvalue weighted by Crippen LogP contribution is -2.44. The number of carbonyl (C=O) groups excluding carboxylic acids is 4. The van der Waals surface area contributed by atoms with Gasteiger partial charge in [0.15, 0.2) is 0 Å². The van der Waals surface area contributed by atoms with E-state index in [1.807, 2.05) is 27.7 Å². The summed E-state index contributed by atoms with van der Waals surface area (Å²) in [5.41, 5.74) is -1.16. The first-order chi connectivity index (χ1) is 14.8. The average molecular weight is 445 g/mol. The van der Waals surface area contributed by atoms with Gasteiger partial charge in [-0.25, -0.2) is 0 Å². The van der Waals surface area contributed by atoms with Crippen molar-refractivity contribution in [1.82, 2.24) is 0 Å². The van der Waals surface area contributed by atoms with Crippen molar-refractivity contribution >= 4 is 23.9 Å². The van der Waals surface area contributed by atoms with Gasteiger partial charge in [0.2, 0.25) is 0 Å². The maximum Gasteiger partial charge on any atom is 0.305 e. The molecule has 8 nitrogen and oxygen atoms in total. The molecule has 0 aliphatic carbocycles. The molecule has 0 rings (SSSR count). The minimum absolute atomic E-state index is 0.184. The van der Waals surface area contributed by atoms with E-state index in [0.717, 1.165) is 12.8 Å². The number of carbonyl (C=O) groups is 4. The third kappa shape index (κ3) is 14.5. The van der Waals surface area contributed by atoms with Gasteiger partial charge in [0.25, 0.3) is 0 Å². The summed E-state index contributed by atoms with van der Waals surface area (Å²) in [7, 11) is 0. The van der Waals surface area contributed by atoms with Crippen molar-refractivity contribution in [2.75, 3.05) is 26.4 Å². The molecule has 0 aromatic heterocycles. The van der Waals surface area contributed by atoms with Crippen molar-refractivity contribution in [3.05, 3.63) is 0 Å². The number of unbranched alkanes of at least 4 members (excludes halogenated alkanes) is 2. The van der Waals surface area contributed by atoms with Gasteiger partial charge in [0.05, 0.1) is 0 Å². The van der Waals surface area contributed by atoms with E-state index in [4.69, 9.17) is 18.9 Å². The predicted molar refractivity (Wildman–Crippen MR) is 115 cm³/mol. The molecule has 0 fully saturated rings. The van der Waals surface area contributed by atoms with Gasteiger partial charge in [-0.15, -0.1) is 0 Å². The molecule has 0 aromatic carbocycles. The van der Waals surface area contributed by atoms with E-state index in [1.165, 1.54) is 0 Å². The zero-order chi connectivity index (χ0) is 23.5. The van der Waals surface area contributed by atoms with E-state index in [1.54, 1.807) is 0 Å². The second-order valence-electron chi connectivity index (χ2n) is 7.85. The molecule has 0 bridgehead atoms. The normalized spacial score (nSPS) is 11.0. The summed E-state index contributed by atoms with van der Waals surface area (Å²) in [6, 6.07) is 0. The molecule has 8 heteroatoms. The van der Waals surface area contributed by atoms with E-state index in [2.05, 4.69) is 0 Å². The van der Waals surface area contributed by atoms with Crippen LogP contribution in [-0.2, 0) is 38.1 Å². The second-order valence-corrected chi connectivity index (χ2v) is 7.85. The number of esters is 4. The lowest BCUT2D eigenvalue weighted by Gasteiger charge is -2.31. The van der Waals surface area contributed by atoms with Crippen LogP contribution < -0.4 is 0 Å². The van der Waals surface area contributed by atoms with Gasteiger partial charge >= 0.3 is 23.9 Å². The smallest absolute Gasteiger partial charge is 0.305 e. The summed E-state index contributed by atoms with van der Waals surface area (Å²) in [6.07, 6.45) is 5.44. The van der Waals surface area contributed by atoms with E-state index < -0.39 is 29.3 Å². The summed E-state index contributed by atoms with van der Waals surface area (Å²) in [5.74, 6) is -1.64. The molecule has 0 saturated heterocycles. The third-order valence-corrected chi connectivity index (χ3v) is 4.50. The maximum atomic E-state index is 12.1. The Bertz CT molecular complexity index is 489. The van der Waals surface area contributed by atoms with Crippen LogP contribution in [0.4, 0.5) is 0 Å². The van der Waals surface area contributed by atoms with Crippen LogP contribution in [0.3, 0.4) is 0 Å². The lowest BCUT2D eigenvalue weighted by molar-refractivity contribution is -0.170. The Hall–Kier alpha value is -2.12. The van der Waals surface area contributed by atoms with Crippen LogP contribution in [0.15, 0.2) is 0 Å². The Labute approximate surface area is 186 Å². The van der Waals surface area contributed by atoms with Gasteiger partial charge in [-0.2, -0.15) is 0 Å². The molecule has 31 heavy (non-hydrogen) atoms. The van der Waals surface area contributed by atoms with Crippen molar-refractivity contribution in [2.24, 2.45) is 5.41 Å². The van der Waals surface area contributed by atoms with E-state index in [0.29, 0.717) is 25.7 Å². The highest BCUT2D eigenvalue weighted by Gasteiger charge is 2.37. The Kier molecular flexibility index (Phi) is 16.3. The fraction of sp³-hybridized carbons (Fsp3) is 0.826. The first-order valence-corrected chi connectivity index (χ1v) is 11.4. The molecule has 0 saturated carbocycles. The van der Waals surface area contributed by atoms with E-state index >= 15 is 0 Å². The molecule has 0 spiro atoms. The molecular formula is C23H40O8. The van der Waals surface area contributed by atoms with Crippen molar-refractivity contribution in [3.8, 4) is 0 Å². The SMILES string of the molecule is CCCCCC(=O)OCC(COC(=O)CCC)(COC(=O)CCC)COC(=O)CCC. The molecule has 0 heterocycles. The topological polar surface area (TPSA) is 105 Å². The molecule has 0 unspecified atom stereocenters. The molecule has 0 aromatic rings. The summed E-state index contributed by atoms with van der Waals surface area (Å²) >= 11 is 0. The minimum Gasteiger partial charge on any atom is -0.465 e. The highest BCUT2D eigenvalue weighted by Crippen LogP contribution is 2.23. The first-order valence-electron chi connectivity index (χ1n) is 11.4. The zero-order valence-corrected chi connectivity index (χ0v) is 19.7. The van der Waals surface area contributed by atoms with Crippen molar-refractivity contribution in [3.63, 3.8) is 0 Å². The molecule has 0 amide bonds. The summed E-state index contributed by atoms with van der Waals surface area (Å²) in [6.45, 7) is 6.85. The van der Waals surface area contributed by atoms with Crippen LogP contribution in [0.1, 0.15) is 91.9 Å². The van der Waals surface area contributed by atoms with Gasteiger partial charge in [0.1, 0.15) is 31.8 Å². The number of rotatable bonds is 18. The van der Waals surface area contributed by atoms with E-state index in [-0.39, 0.29) is 52.1 Å². The zero-order valence-electron chi connectivity index (χ0n) is 19.7. The predicted octanol–water partition coefficient (Wildman–Crippen LogP) is 4.13. The number of hydrogen-bond donors (Lipinski definition) is 0. The molecule has 0 radical (unpaired) electrons. The Balaban J connectivity index is 5.34. The lowest BCUT2D eigenvalue weighted by atomic mass is 9.92. The average Bonchev–Trinajstić information content (AvgIpc) is 2.73. The van der Waals surface area contributed by atoms with Gasteiger partial charge in [-0.3, -0.25) is 19.2 Å². The second kappa shape index (κ2) is 17.5. The monoisotopic (exact) mass is 444 g/mol. The molecule has 0 atom stereocenters. The third-order valence-electron chi connectivity index (χ3n) is 4.50. The molecule has 0 N–H and O–H groups in total. The maximum absolute atomic E-state index is 12.1. The van der Waals surface area contributed by atoms with Crippen molar-refractivity contribution in [1.29, 1.82) is 0 Å². The van der Waals surface area contributed by atoms with Gasteiger partial charge in [-0.1, -0.05) is 40.5 Å². The van der Waals surface area contributed by atoms with Crippen LogP contribution in [0.25, 0.3) is 0 Å². The quantitative estimate of drug-likeness (QED) is 0.177. The fourth-order valence-corrected chi connectivity index (χ4v) is 2.60. The highest BCUT2D eigenvalue weighted by molar-refractivity contribution is 5.71. The molecular weight excluding hydrogens is 404 g/mol. The summed E-state index contributed by atoms with van der Waals surface area (Å²) in [4.78, 5) is 48.0. The number of hydrogen-bond acceptors (Lipinski definition) is 8. The van der Waals surface area contributed by atoms with E-state index in [9.17, 15) is 19.2 Å². The first kappa shape index (κ1) is 28.9. The highest BCUT2D eigenvalue weighted by atomic mass is 16.6. The number of ether oxygens (including phenoxy) is 4. The van der Waals surface area contributed by atoms with Crippen molar-refractivity contribution in [2.45, 2.75) is 91.9 Å². The standard InChI is InChI=1S/C23H40O8/c1-5-9-10-14-22(27)31-18-23(15-28-19(24)11-6-2,16-29-20(25)12-7-3)17-30-21(26)13-8-4/h5-18H2,1-4H3. The summed E-state index contributed by atoms with van der Waals surface area (Å²) in [5, 5.41) is 0. The van der Waals surface area contributed by atoms with Gasteiger partial charge in [0, 0.05) is 25.7 Å². The van der Waals surface area contributed by atoms with Crippen molar-refractivity contribution < 1.29 is 38.1 Å². The Morgan fingerprint density at radius 3 is 1.10 bits per heavy atom. The van der Waals surface area contributed by atoms with Gasteiger partial charge < -0.3 is 18.9 Å². The molecule has 180 valence electrons. The Morgan fingerprint density at radius 1 is 0.484 bits per heavy atom. The minimum atomic E-state index is -1.16. The van der Waals surface area contributed by atoms with Crippen LogP contribution in [-0.4, -0.2) is 50.3 Å². The van der Waals surface area contributed by atoms with Crippen LogP contribution in [0.2, 0.25) is 0 Å². The largest absolute Gasteiger partial charge is 0.465 e.